The summed E-state index contributed by atoms with van der Waals surface area (Å²) in [6, 6.07) is 0. The number of hydrogen-bond acceptors (Lipinski definition) is 2. The van der Waals surface area contributed by atoms with Crippen molar-refractivity contribution in [2.45, 2.75) is 27.7 Å². The second-order valence-corrected chi connectivity index (χ2v) is 5.93. The molecule has 0 amide bonds. The maximum absolute atomic E-state index is 5.33. The molecular formula is C15H26O2. The van der Waals surface area contributed by atoms with Crippen molar-refractivity contribution in [3.8, 4) is 0 Å². The number of methoxy groups -OCH3 is 2. The maximum atomic E-state index is 5.33. The van der Waals surface area contributed by atoms with Gasteiger partial charge in [-0.2, -0.15) is 0 Å². The maximum Gasteiger partial charge on any atom is 0.0678 e. The van der Waals surface area contributed by atoms with Crippen LogP contribution >= 0.6 is 0 Å². The fraction of sp³-hybridized carbons (Fsp3) is 0.733. The first-order valence-corrected chi connectivity index (χ1v) is 6.30. The largest absolute Gasteiger partial charge is 0.384 e. The van der Waals surface area contributed by atoms with Crippen molar-refractivity contribution >= 4 is 0 Å². The van der Waals surface area contributed by atoms with Gasteiger partial charge in [-0.3, -0.25) is 0 Å². The first-order valence-electron chi connectivity index (χ1n) is 6.30. The molecule has 0 aromatic heterocycles. The second-order valence-electron chi connectivity index (χ2n) is 5.93. The zero-order valence-corrected chi connectivity index (χ0v) is 12.0. The van der Waals surface area contributed by atoms with E-state index < -0.39 is 0 Å². The highest BCUT2D eigenvalue weighted by molar-refractivity contribution is 5.35. The molecule has 0 aliphatic heterocycles. The molecule has 0 saturated heterocycles. The Morgan fingerprint density at radius 2 is 1.82 bits per heavy atom. The topological polar surface area (TPSA) is 18.5 Å². The monoisotopic (exact) mass is 238 g/mol. The normalized spacial score (nSPS) is 25.5. The smallest absolute Gasteiger partial charge is 0.0678 e. The molecule has 1 aliphatic carbocycles. The molecule has 0 bridgehead atoms. The van der Waals surface area contributed by atoms with Crippen molar-refractivity contribution in [1.29, 1.82) is 0 Å². The van der Waals surface area contributed by atoms with Gasteiger partial charge < -0.3 is 9.47 Å². The summed E-state index contributed by atoms with van der Waals surface area (Å²) in [5.41, 5.74) is 2.96. The molecule has 98 valence electrons. The van der Waals surface area contributed by atoms with Crippen LogP contribution in [0.2, 0.25) is 0 Å². The van der Waals surface area contributed by atoms with Crippen LogP contribution in [0.1, 0.15) is 27.7 Å². The molecule has 0 aromatic rings. The Hall–Kier alpha value is -0.600. The third kappa shape index (κ3) is 3.68. The van der Waals surface area contributed by atoms with Crippen LogP contribution in [-0.2, 0) is 9.47 Å². The molecule has 2 atom stereocenters. The van der Waals surface area contributed by atoms with Crippen LogP contribution in [0.3, 0.4) is 0 Å². The first kappa shape index (κ1) is 14.5. The lowest BCUT2D eigenvalue weighted by atomic mass is 9.75. The lowest BCUT2D eigenvalue weighted by Gasteiger charge is -2.32. The summed E-state index contributed by atoms with van der Waals surface area (Å²) < 4.78 is 10.6. The van der Waals surface area contributed by atoms with Gasteiger partial charge in [0, 0.05) is 20.1 Å². The van der Waals surface area contributed by atoms with Crippen LogP contribution in [0.5, 0.6) is 0 Å². The summed E-state index contributed by atoms with van der Waals surface area (Å²) in [6.45, 7) is 10.5. The van der Waals surface area contributed by atoms with Gasteiger partial charge >= 0.3 is 0 Å². The minimum Gasteiger partial charge on any atom is -0.384 e. The fourth-order valence-corrected chi connectivity index (χ4v) is 2.22. The number of hydrogen-bond donors (Lipinski definition) is 0. The molecule has 0 heterocycles. The standard InChI is InChI=1S/C15H26O2/c1-11-12(9-16-5)7-14(15(2,3)4)8-13(11)10-17-6/h7-8,11-12H,9-10H2,1-6H3. The number of ether oxygens (including phenoxy) is 2. The second kappa shape index (κ2) is 5.83. The lowest BCUT2D eigenvalue weighted by molar-refractivity contribution is 0.144. The summed E-state index contributed by atoms with van der Waals surface area (Å²) in [7, 11) is 3.53. The SMILES string of the molecule is COCC1=CC(C(C)(C)C)=CC(COC)C1C. The first-order chi connectivity index (χ1) is 7.90. The highest BCUT2D eigenvalue weighted by atomic mass is 16.5. The molecule has 1 rings (SSSR count). The molecule has 2 unspecified atom stereocenters. The fourth-order valence-electron chi connectivity index (χ4n) is 2.22. The van der Waals surface area contributed by atoms with Crippen LogP contribution in [0.4, 0.5) is 0 Å². The minimum atomic E-state index is 0.186. The van der Waals surface area contributed by atoms with E-state index in [2.05, 4.69) is 39.8 Å². The average Bonchev–Trinajstić information content (AvgIpc) is 2.22. The van der Waals surface area contributed by atoms with E-state index in [9.17, 15) is 0 Å². The van der Waals surface area contributed by atoms with Gasteiger partial charge in [0.05, 0.1) is 13.2 Å². The number of rotatable bonds is 4. The van der Waals surface area contributed by atoms with E-state index in [1.807, 2.05) is 0 Å². The van der Waals surface area contributed by atoms with Crippen molar-refractivity contribution in [2.24, 2.45) is 17.3 Å². The highest BCUT2D eigenvalue weighted by Crippen LogP contribution is 2.36. The molecule has 2 heteroatoms. The highest BCUT2D eigenvalue weighted by Gasteiger charge is 2.27. The summed E-state index contributed by atoms with van der Waals surface area (Å²) in [4.78, 5) is 0. The predicted molar refractivity (Wildman–Crippen MR) is 72.0 cm³/mol. The Morgan fingerprint density at radius 1 is 1.18 bits per heavy atom. The van der Waals surface area contributed by atoms with Gasteiger partial charge in [0.15, 0.2) is 0 Å². The Morgan fingerprint density at radius 3 is 2.29 bits per heavy atom. The van der Waals surface area contributed by atoms with E-state index in [0.29, 0.717) is 11.8 Å². The van der Waals surface area contributed by atoms with E-state index in [1.165, 1.54) is 11.1 Å². The Balaban J connectivity index is 2.99. The summed E-state index contributed by atoms with van der Waals surface area (Å²) >= 11 is 0. The van der Waals surface area contributed by atoms with Crippen LogP contribution in [0.25, 0.3) is 0 Å². The Kier molecular flexibility index (Phi) is 4.96. The minimum absolute atomic E-state index is 0.186. The molecular weight excluding hydrogens is 212 g/mol. The van der Waals surface area contributed by atoms with Crippen molar-refractivity contribution in [2.75, 3.05) is 27.4 Å². The van der Waals surface area contributed by atoms with Gasteiger partial charge in [-0.1, -0.05) is 39.8 Å². The molecule has 2 nitrogen and oxygen atoms in total. The number of allylic oxidation sites excluding steroid dienone is 2. The zero-order chi connectivity index (χ0) is 13.1. The third-order valence-corrected chi connectivity index (χ3v) is 3.50. The molecule has 1 aliphatic rings. The van der Waals surface area contributed by atoms with Gasteiger partial charge in [0.25, 0.3) is 0 Å². The zero-order valence-electron chi connectivity index (χ0n) is 12.0. The third-order valence-electron chi connectivity index (χ3n) is 3.50. The lowest BCUT2D eigenvalue weighted by Crippen LogP contribution is -2.25. The van der Waals surface area contributed by atoms with Crippen molar-refractivity contribution in [1.82, 2.24) is 0 Å². The molecule has 0 aromatic carbocycles. The van der Waals surface area contributed by atoms with E-state index in [1.54, 1.807) is 14.2 Å². The predicted octanol–water partition coefficient (Wildman–Crippen LogP) is 3.44. The van der Waals surface area contributed by atoms with Crippen LogP contribution in [0, 0.1) is 17.3 Å². The quantitative estimate of drug-likeness (QED) is 0.747. The van der Waals surface area contributed by atoms with E-state index in [0.717, 1.165) is 13.2 Å². The van der Waals surface area contributed by atoms with Gasteiger partial charge in [0.2, 0.25) is 0 Å². The van der Waals surface area contributed by atoms with Crippen molar-refractivity contribution < 1.29 is 9.47 Å². The van der Waals surface area contributed by atoms with E-state index in [4.69, 9.17) is 9.47 Å². The summed E-state index contributed by atoms with van der Waals surface area (Å²) in [5.74, 6) is 0.963. The van der Waals surface area contributed by atoms with Crippen LogP contribution in [0.15, 0.2) is 23.3 Å². The van der Waals surface area contributed by atoms with Gasteiger partial charge in [0.1, 0.15) is 0 Å². The Bertz CT molecular complexity index is 307. The van der Waals surface area contributed by atoms with E-state index in [-0.39, 0.29) is 5.41 Å². The van der Waals surface area contributed by atoms with Crippen LogP contribution < -0.4 is 0 Å². The van der Waals surface area contributed by atoms with Crippen LogP contribution in [-0.4, -0.2) is 27.4 Å². The van der Waals surface area contributed by atoms with Gasteiger partial charge in [-0.25, -0.2) is 0 Å². The molecule has 0 saturated carbocycles. The Labute approximate surface area is 106 Å². The van der Waals surface area contributed by atoms with Gasteiger partial charge in [-0.05, 0) is 22.5 Å². The molecule has 0 spiro atoms. The summed E-state index contributed by atoms with van der Waals surface area (Å²) in [5, 5.41) is 0. The van der Waals surface area contributed by atoms with E-state index >= 15 is 0 Å². The molecule has 0 N–H and O–H groups in total. The van der Waals surface area contributed by atoms with Crippen molar-refractivity contribution in [3.05, 3.63) is 23.3 Å². The van der Waals surface area contributed by atoms with Gasteiger partial charge in [-0.15, -0.1) is 0 Å². The molecule has 17 heavy (non-hydrogen) atoms. The molecule has 0 fully saturated rings. The summed E-state index contributed by atoms with van der Waals surface area (Å²) in [6.07, 6.45) is 4.67. The van der Waals surface area contributed by atoms with Crippen molar-refractivity contribution in [3.63, 3.8) is 0 Å². The average molecular weight is 238 g/mol. The molecule has 0 radical (unpaired) electrons.